The molecule has 2 nitrogen and oxygen atoms in total. The average Bonchev–Trinajstić information content (AvgIpc) is 1.82. The zero-order chi connectivity index (χ0) is 7.28. The molecule has 0 bridgehead atoms. The molecule has 0 aliphatic heterocycles. The predicted molar refractivity (Wildman–Crippen MR) is 37.2 cm³/mol. The fourth-order valence-electron chi connectivity index (χ4n) is 0.318. The second-order valence-corrected chi connectivity index (χ2v) is 1.92. The third-order valence-corrected chi connectivity index (χ3v) is 0.786. The molecule has 0 radical (unpaired) electrons. The first-order valence-corrected chi connectivity index (χ1v) is 3.01. The largest absolute Gasteiger partial charge is 1.00 e. The van der Waals surface area contributed by atoms with Crippen molar-refractivity contribution in [2.45, 2.75) is 20.3 Å². The van der Waals surface area contributed by atoms with Gasteiger partial charge >= 0.3 is 35.5 Å². The molecular formula is C7H13NaO2. The molecule has 0 saturated carbocycles. The third-order valence-electron chi connectivity index (χ3n) is 0.786. The maximum atomic E-state index is 10.6. The van der Waals surface area contributed by atoms with Crippen molar-refractivity contribution in [3.63, 3.8) is 0 Å². The Kier molecular flexibility index (Phi) is 9.40. The quantitative estimate of drug-likeness (QED) is 0.283. The van der Waals surface area contributed by atoms with Gasteiger partial charge in [0.1, 0.15) is 0 Å². The molecule has 0 aromatic carbocycles. The monoisotopic (exact) mass is 152 g/mol. The summed E-state index contributed by atoms with van der Waals surface area (Å²) in [6.07, 6.45) is 0.860. The van der Waals surface area contributed by atoms with Gasteiger partial charge in [-0.05, 0) is 13.3 Å². The van der Waals surface area contributed by atoms with Gasteiger partial charge in [-0.25, -0.2) is 4.79 Å². The van der Waals surface area contributed by atoms with Gasteiger partial charge in [0.15, 0.2) is 0 Å². The molecule has 0 aliphatic carbocycles. The topological polar surface area (TPSA) is 26.3 Å². The standard InChI is InChI=1S/C7H12O2.Na.H/c1-4-5-9-7(8)6(2)3;;/h2,4-5H2,1,3H3;;/q;+1;-1. The minimum Gasteiger partial charge on any atom is -1.00 e. The number of esters is 1. The van der Waals surface area contributed by atoms with Gasteiger partial charge in [-0.1, -0.05) is 13.5 Å². The number of hydrogen-bond donors (Lipinski definition) is 0. The van der Waals surface area contributed by atoms with E-state index in [1.807, 2.05) is 6.92 Å². The summed E-state index contributed by atoms with van der Waals surface area (Å²) in [5, 5.41) is 0. The molecule has 0 rings (SSSR count). The Morgan fingerprint density at radius 3 is 2.50 bits per heavy atom. The number of hydrogen-bond acceptors (Lipinski definition) is 2. The summed E-state index contributed by atoms with van der Waals surface area (Å²) in [7, 11) is 0. The van der Waals surface area contributed by atoms with Crippen molar-refractivity contribution in [2.24, 2.45) is 0 Å². The zero-order valence-corrected chi connectivity index (χ0v) is 8.94. The second-order valence-electron chi connectivity index (χ2n) is 1.92. The minimum atomic E-state index is -0.295. The predicted octanol–water partition coefficient (Wildman–Crippen LogP) is -1.37. The molecule has 0 amide bonds. The second kappa shape index (κ2) is 7.32. The van der Waals surface area contributed by atoms with Gasteiger partial charge < -0.3 is 6.16 Å². The summed E-state index contributed by atoms with van der Waals surface area (Å²) >= 11 is 0. The van der Waals surface area contributed by atoms with Crippen LogP contribution in [0.3, 0.4) is 0 Å². The smallest absolute Gasteiger partial charge is 1.00 e. The Balaban J connectivity index is -0.000000320. The van der Waals surface area contributed by atoms with Crippen LogP contribution in [0, 0.1) is 0 Å². The van der Waals surface area contributed by atoms with E-state index in [4.69, 9.17) is 4.74 Å². The SMILES string of the molecule is C=C(C)C(=O)OCCC.[H-].[Na+]. The molecule has 0 aromatic heterocycles. The molecule has 10 heavy (non-hydrogen) atoms. The fourth-order valence-corrected chi connectivity index (χ4v) is 0.318. The van der Waals surface area contributed by atoms with Crippen molar-refractivity contribution >= 4 is 5.97 Å². The van der Waals surface area contributed by atoms with Crippen molar-refractivity contribution in [1.82, 2.24) is 0 Å². The van der Waals surface area contributed by atoms with Gasteiger partial charge in [0, 0.05) is 5.57 Å². The van der Waals surface area contributed by atoms with Crippen LogP contribution in [-0.2, 0) is 9.53 Å². The number of ether oxygens (including phenoxy) is 1. The van der Waals surface area contributed by atoms with E-state index in [1.54, 1.807) is 6.92 Å². The molecule has 0 fully saturated rings. The maximum absolute atomic E-state index is 10.6. The molecule has 0 saturated heterocycles. The van der Waals surface area contributed by atoms with Crippen LogP contribution in [0.4, 0.5) is 0 Å². The summed E-state index contributed by atoms with van der Waals surface area (Å²) in [5.74, 6) is -0.295. The van der Waals surface area contributed by atoms with Crippen LogP contribution in [0.1, 0.15) is 21.7 Å². The van der Waals surface area contributed by atoms with Gasteiger partial charge in [-0.15, -0.1) is 0 Å². The van der Waals surface area contributed by atoms with Crippen LogP contribution in [0.25, 0.3) is 0 Å². The van der Waals surface area contributed by atoms with Gasteiger partial charge in [0.25, 0.3) is 0 Å². The van der Waals surface area contributed by atoms with Crippen molar-refractivity contribution < 1.29 is 40.5 Å². The maximum Gasteiger partial charge on any atom is 1.00 e. The van der Waals surface area contributed by atoms with Gasteiger partial charge in [-0.3, -0.25) is 0 Å². The van der Waals surface area contributed by atoms with Crippen molar-refractivity contribution in [1.29, 1.82) is 0 Å². The van der Waals surface area contributed by atoms with Crippen LogP contribution >= 0.6 is 0 Å². The fraction of sp³-hybridized carbons (Fsp3) is 0.571. The number of rotatable bonds is 3. The molecule has 0 N–H and O–H groups in total. The third kappa shape index (κ3) is 6.33. The van der Waals surface area contributed by atoms with Gasteiger partial charge in [0.2, 0.25) is 0 Å². The average molecular weight is 152 g/mol. The number of carbonyl (C=O) groups is 1. The van der Waals surface area contributed by atoms with Crippen LogP contribution in [0.5, 0.6) is 0 Å². The molecule has 3 heteroatoms. The van der Waals surface area contributed by atoms with Gasteiger partial charge in [-0.2, -0.15) is 0 Å². The van der Waals surface area contributed by atoms with E-state index in [0.29, 0.717) is 12.2 Å². The molecular weight excluding hydrogens is 139 g/mol. The molecule has 0 atom stereocenters. The van der Waals surface area contributed by atoms with Crippen LogP contribution < -0.4 is 29.6 Å². The molecule has 0 unspecified atom stereocenters. The Morgan fingerprint density at radius 1 is 1.70 bits per heavy atom. The Hall–Kier alpha value is 0.210. The molecule has 0 aliphatic rings. The van der Waals surface area contributed by atoms with Crippen LogP contribution in [0.2, 0.25) is 0 Å². The van der Waals surface area contributed by atoms with Crippen LogP contribution in [-0.4, -0.2) is 12.6 Å². The molecule has 54 valence electrons. The first-order chi connectivity index (χ1) is 4.18. The summed E-state index contributed by atoms with van der Waals surface area (Å²) in [4.78, 5) is 10.6. The van der Waals surface area contributed by atoms with Crippen LogP contribution in [0.15, 0.2) is 12.2 Å². The first kappa shape index (κ1) is 12.8. The van der Waals surface area contributed by atoms with Crippen molar-refractivity contribution in [2.75, 3.05) is 6.61 Å². The van der Waals surface area contributed by atoms with E-state index in [2.05, 4.69) is 6.58 Å². The summed E-state index contributed by atoms with van der Waals surface area (Å²) in [5.41, 5.74) is 0.462. The summed E-state index contributed by atoms with van der Waals surface area (Å²) in [6, 6.07) is 0. The minimum absolute atomic E-state index is 0. The van der Waals surface area contributed by atoms with Crippen molar-refractivity contribution in [3.8, 4) is 0 Å². The van der Waals surface area contributed by atoms with E-state index in [-0.39, 0.29) is 37.0 Å². The zero-order valence-electron chi connectivity index (χ0n) is 7.94. The van der Waals surface area contributed by atoms with E-state index >= 15 is 0 Å². The van der Waals surface area contributed by atoms with E-state index in [9.17, 15) is 4.79 Å². The molecule has 0 aromatic rings. The first-order valence-electron chi connectivity index (χ1n) is 3.01. The van der Waals surface area contributed by atoms with Gasteiger partial charge in [0.05, 0.1) is 6.61 Å². The molecule has 0 heterocycles. The normalized spacial score (nSPS) is 7.80. The number of carbonyl (C=O) groups excluding carboxylic acids is 1. The van der Waals surface area contributed by atoms with E-state index in [0.717, 1.165) is 6.42 Å². The Labute approximate surface area is 85.4 Å². The summed E-state index contributed by atoms with van der Waals surface area (Å²) < 4.78 is 4.71. The Morgan fingerprint density at radius 2 is 2.20 bits per heavy atom. The Bertz CT molecular complexity index is 126. The summed E-state index contributed by atoms with van der Waals surface area (Å²) in [6.45, 7) is 7.51. The van der Waals surface area contributed by atoms with E-state index < -0.39 is 0 Å². The van der Waals surface area contributed by atoms with Crippen molar-refractivity contribution in [3.05, 3.63) is 12.2 Å². The van der Waals surface area contributed by atoms with E-state index in [1.165, 1.54) is 0 Å². The molecule has 0 spiro atoms.